The van der Waals surface area contributed by atoms with E-state index in [-0.39, 0.29) is 5.54 Å². The number of fused-ring (bicyclic) bond motifs is 1. The Morgan fingerprint density at radius 1 is 1.23 bits per heavy atom. The van der Waals surface area contributed by atoms with Crippen LogP contribution in [0.3, 0.4) is 0 Å². The molecular weight excluding hydrogens is 330 g/mol. The maximum Gasteiger partial charge on any atom is 0.250 e. The van der Waals surface area contributed by atoms with Crippen LogP contribution in [0, 0.1) is 6.92 Å². The fourth-order valence-corrected chi connectivity index (χ4v) is 3.97. The fourth-order valence-electron chi connectivity index (χ4n) is 3.97. The van der Waals surface area contributed by atoms with Crippen LogP contribution >= 0.6 is 0 Å². The van der Waals surface area contributed by atoms with Crippen molar-refractivity contribution in [3.8, 4) is 0 Å². The van der Waals surface area contributed by atoms with Crippen LogP contribution in [0.5, 0.6) is 0 Å². The molecule has 0 spiro atoms. The smallest absolute Gasteiger partial charge is 0.250 e. The zero-order valence-electron chi connectivity index (χ0n) is 16.0. The van der Waals surface area contributed by atoms with Gasteiger partial charge in [0.15, 0.2) is 5.60 Å². The third-order valence-corrected chi connectivity index (χ3v) is 5.76. The molecule has 2 aromatic rings. The van der Waals surface area contributed by atoms with Crippen molar-refractivity contribution < 1.29 is 13.9 Å². The van der Waals surface area contributed by atoms with Gasteiger partial charge in [0, 0.05) is 25.6 Å². The van der Waals surface area contributed by atoms with E-state index >= 15 is 0 Å². The average molecular weight is 357 g/mol. The molecule has 0 amide bonds. The van der Waals surface area contributed by atoms with Gasteiger partial charge >= 0.3 is 0 Å². The monoisotopic (exact) mass is 357 g/mol. The second-order valence-electron chi connectivity index (χ2n) is 8.12. The van der Waals surface area contributed by atoms with Gasteiger partial charge in [-0.15, -0.1) is 10.2 Å². The lowest BCUT2D eigenvalue weighted by Crippen LogP contribution is -2.47. The van der Waals surface area contributed by atoms with E-state index in [2.05, 4.69) is 54.1 Å². The molecule has 0 bridgehead atoms. The summed E-state index contributed by atoms with van der Waals surface area (Å²) in [5, 5.41) is 8.56. The minimum Gasteiger partial charge on any atom is -0.421 e. The summed E-state index contributed by atoms with van der Waals surface area (Å²) in [6.45, 7) is 9.33. The lowest BCUT2D eigenvalue weighted by molar-refractivity contribution is -0.0424. The van der Waals surface area contributed by atoms with Gasteiger partial charge in [-0.3, -0.25) is 4.90 Å². The van der Waals surface area contributed by atoms with Crippen LogP contribution in [0.2, 0.25) is 0 Å². The van der Waals surface area contributed by atoms with Gasteiger partial charge in [0.25, 0.3) is 5.89 Å². The molecule has 0 saturated carbocycles. The lowest BCUT2D eigenvalue weighted by Gasteiger charge is -2.42. The van der Waals surface area contributed by atoms with Gasteiger partial charge in [0.2, 0.25) is 5.89 Å². The molecule has 1 fully saturated rings. The van der Waals surface area contributed by atoms with Crippen LogP contribution < -0.4 is 0 Å². The first-order valence-electron chi connectivity index (χ1n) is 9.21. The maximum absolute atomic E-state index is 6.00. The Bertz CT molecular complexity index is 793. The molecule has 2 aliphatic heterocycles. The summed E-state index contributed by atoms with van der Waals surface area (Å²) < 4.78 is 17.1. The summed E-state index contributed by atoms with van der Waals surface area (Å²) in [5.41, 5.74) is 3.57. The Hall–Kier alpha value is -1.76. The van der Waals surface area contributed by atoms with E-state index in [9.17, 15) is 0 Å². The Kier molecular flexibility index (Phi) is 4.37. The Labute approximate surface area is 154 Å². The van der Waals surface area contributed by atoms with E-state index < -0.39 is 5.60 Å². The van der Waals surface area contributed by atoms with Crippen LogP contribution in [0.15, 0.2) is 22.6 Å². The van der Waals surface area contributed by atoms with E-state index in [1.807, 2.05) is 0 Å². The normalized spacial score (nSPS) is 25.4. The SMILES string of the molecule is COC1(c2nnc(CN3Cc4cc(C)ccc4CC3(C)C)o2)CCOC1. The van der Waals surface area contributed by atoms with Gasteiger partial charge < -0.3 is 13.9 Å². The van der Waals surface area contributed by atoms with Crippen LogP contribution in [-0.2, 0) is 34.6 Å². The minimum atomic E-state index is -0.591. The number of ether oxygens (including phenoxy) is 2. The molecule has 26 heavy (non-hydrogen) atoms. The number of aromatic nitrogens is 2. The van der Waals surface area contributed by atoms with Crippen LogP contribution in [0.1, 0.15) is 48.7 Å². The Morgan fingerprint density at radius 3 is 2.81 bits per heavy atom. The molecule has 140 valence electrons. The van der Waals surface area contributed by atoms with E-state index in [1.165, 1.54) is 16.7 Å². The topological polar surface area (TPSA) is 60.6 Å². The van der Waals surface area contributed by atoms with Crippen LogP contribution in [-0.4, -0.2) is 41.0 Å². The second kappa shape index (κ2) is 6.44. The molecule has 2 aliphatic rings. The summed E-state index contributed by atoms with van der Waals surface area (Å²) in [7, 11) is 1.67. The quantitative estimate of drug-likeness (QED) is 0.838. The summed E-state index contributed by atoms with van der Waals surface area (Å²) in [6, 6.07) is 6.74. The number of benzene rings is 1. The number of aryl methyl sites for hydroxylation is 1. The van der Waals surface area contributed by atoms with Gasteiger partial charge in [0.1, 0.15) is 0 Å². The summed E-state index contributed by atoms with van der Waals surface area (Å²) in [4.78, 5) is 2.41. The molecule has 1 aromatic carbocycles. The molecule has 0 N–H and O–H groups in total. The first-order valence-corrected chi connectivity index (χ1v) is 9.21. The minimum absolute atomic E-state index is 0.0340. The van der Waals surface area contributed by atoms with Crippen LogP contribution in [0.4, 0.5) is 0 Å². The standard InChI is InChI=1S/C20H27N3O3/c1-14-5-6-15-10-19(2,3)23(11-16(15)9-14)12-17-21-22-18(26-17)20(24-4)7-8-25-13-20/h5-6,9H,7-8,10-13H2,1-4H3. The molecule has 1 atom stereocenters. The Morgan fingerprint density at radius 2 is 2.08 bits per heavy atom. The third kappa shape index (κ3) is 3.06. The number of methoxy groups -OCH3 is 1. The van der Waals surface area contributed by atoms with E-state index in [0.29, 0.717) is 31.5 Å². The molecule has 3 heterocycles. The average Bonchev–Trinajstić information content (AvgIpc) is 3.25. The molecule has 1 aromatic heterocycles. The summed E-state index contributed by atoms with van der Waals surface area (Å²) in [5.74, 6) is 1.16. The molecule has 1 unspecified atom stereocenters. The number of rotatable bonds is 4. The Balaban J connectivity index is 1.55. The van der Waals surface area contributed by atoms with Gasteiger partial charge in [-0.2, -0.15) is 0 Å². The van der Waals surface area contributed by atoms with Gasteiger partial charge in [-0.05, 0) is 38.3 Å². The van der Waals surface area contributed by atoms with Crippen LogP contribution in [0.25, 0.3) is 0 Å². The highest BCUT2D eigenvalue weighted by molar-refractivity contribution is 5.35. The molecule has 4 rings (SSSR count). The second-order valence-corrected chi connectivity index (χ2v) is 8.12. The van der Waals surface area contributed by atoms with Crippen molar-refractivity contribution in [3.05, 3.63) is 46.7 Å². The third-order valence-electron chi connectivity index (χ3n) is 5.76. The van der Waals surface area contributed by atoms with Crippen molar-refractivity contribution in [2.45, 2.75) is 57.8 Å². The number of nitrogens with zero attached hydrogens (tertiary/aromatic N) is 3. The molecule has 0 radical (unpaired) electrons. The molecule has 6 nitrogen and oxygen atoms in total. The highest BCUT2D eigenvalue weighted by Crippen LogP contribution is 2.35. The highest BCUT2D eigenvalue weighted by Gasteiger charge is 2.42. The fraction of sp³-hybridized carbons (Fsp3) is 0.600. The summed E-state index contributed by atoms with van der Waals surface area (Å²) >= 11 is 0. The zero-order valence-corrected chi connectivity index (χ0v) is 16.0. The lowest BCUT2D eigenvalue weighted by atomic mass is 9.85. The first kappa shape index (κ1) is 17.6. The maximum atomic E-state index is 6.00. The van der Waals surface area contributed by atoms with E-state index in [4.69, 9.17) is 13.9 Å². The predicted molar refractivity (Wildman–Crippen MR) is 96.6 cm³/mol. The van der Waals surface area contributed by atoms with Crippen molar-refractivity contribution in [2.75, 3.05) is 20.3 Å². The highest BCUT2D eigenvalue weighted by atomic mass is 16.6. The van der Waals surface area contributed by atoms with Gasteiger partial charge in [-0.1, -0.05) is 23.8 Å². The number of hydrogen-bond acceptors (Lipinski definition) is 6. The molecule has 6 heteroatoms. The van der Waals surface area contributed by atoms with E-state index in [0.717, 1.165) is 19.4 Å². The van der Waals surface area contributed by atoms with Crippen molar-refractivity contribution in [3.63, 3.8) is 0 Å². The van der Waals surface area contributed by atoms with E-state index in [1.54, 1.807) is 7.11 Å². The predicted octanol–water partition coefficient (Wildman–Crippen LogP) is 2.98. The van der Waals surface area contributed by atoms with Crippen molar-refractivity contribution in [2.24, 2.45) is 0 Å². The summed E-state index contributed by atoms with van der Waals surface area (Å²) in [6.07, 6.45) is 1.76. The first-order chi connectivity index (χ1) is 12.4. The largest absolute Gasteiger partial charge is 0.421 e. The zero-order chi connectivity index (χ0) is 18.4. The van der Waals surface area contributed by atoms with Crippen molar-refractivity contribution in [1.29, 1.82) is 0 Å². The van der Waals surface area contributed by atoms with Crippen molar-refractivity contribution in [1.82, 2.24) is 15.1 Å². The number of hydrogen-bond donors (Lipinski definition) is 0. The molecular formula is C20H27N3O3. The van der Waals surface area contributed by atoms with Crippen molar-refractivity contribution >= 4 is 0 Å². The van der Waals surface area contributed by atoms with Gasteiger partial charge in [-0.25, -0.2) is 0 Å². The molecule has 0 aliphatic carbocycles. The molecule has 1 saturated heterocycles. The van der Waals surface area contributed by atoms with Gasteiger partial charge in [0.05, 0.1) is 19.8 Å².